The minimum Gasteiger partial charge on any atom is -0.368 e. The number of halogens is 2. The maximum Gasteiger partial charge on any atom is 0.224 e. The van der Waals surface area contributed by atoms with Crippen LogP contribution in [0.5, 0.6) is 0 Å². The van der Waals surface area contributed by atoms with E-state index in [0.717, 1.165) is 32.5 Å². The number of nitrogens with zero attached hydrogens (tertiary/aromatic N) is 2. The number of fused-ring (bicyclic) bond motifs is 1. The molecule has 142 valence electrons. The van der Waals surface area contributed by atoms with Crippen molar-refractivity contribution in [3.05, 3.63) is 29.8 Å². The number of rotatable bonds is 4. The van der Waals surface area contributed by atoms with Crippen LogP contribution in [0.25, 0.3) is 0 Å². The van der Waals surface area contributed by atoms with Crippen LogP contribution in [0.15, 0.2) is 24.3 Å². The van der Waals surface area contributed by atoms with E-state index in [1.807, 2.05) is 11.9 Å². The number of likely N-dealkylation sites (N-methyl/N-ethyl adjacent to an activating group) is 1. The molecule has 0 bridgehead atoms. The molecule has 3 rings (SSSR count). The van der Waals surface area contributed by atoms with E-state index in [4.69, 9.17) is 0 Å². The zero-order valence-corrected chi connectivity index (χ0v) is 16.9. The fraction of sp³-hybridized carbons (Fsp3) is 0.632. The molecule has 1 saturated heterocycles. The number of carbonyl (C=O) groups is 1. The molecule has 1 amide bonds. The molecule has 0 aromatic heterocycles. The molecular weight excluding hydrogens is 357 g/mol. The summed E-state index contributed by atoms with van der Waals surface area (Å²) in [7, 11) is 1.99. The van der Waals surface area contributed by atoms with Crippen LogP contribution in [-0.4, -0.2) is 49.6 Å². The van der Waals surface area contributed by atoms with Gasteiger partial charge in [-0.3, -0.25) is 4.79 Å². The van der Waals surface area contributed by atoms with Gasteiger partial charge in [-0.25, -0.2) is 0 Å². The monoisotopic (exact) mass is 387 g/mol. The zero-order valence-electron chi connectivity index (χ0n) is 15.2. The molecule has 2 heterocycles. The number of likely N-dealkylation sites (tertiary alicyclic amines) is 1. The van der Waals surface area contributed by atoms with Crippen molar-refractivity contribution >= 4 is 36.4 Å². The molecular formula is C19H31Cl2N3O. The van der Waals surface area contributed by atoms with Gasteiger partial charge >= 0.3 is 0 Å². The minimum atomic E-state index is 0. The van der Waals surface area contributed by atoms with Gasteiger partial charge in [0.1, 0.15) is 0 Å². The Hall–Kier alpha value is -0.970. The van der Waals surface area contributed by atoms with Crippen molar-refractivity contribution in [2.24, 2.45) is 0 Å². The molecule has 0 radical (unpaired) electrons. The summed E-state index contributed by atoms with van der Waals surface area (Å²) in [6.07, 6.45) is 5.24. The molecule has 4 nitrogen and oxygen atoms in total. The third-order valence-corrected chi connectivity index (χ3v) is 5.41. The van der Waals surface area contributed by atoms with Gasteiger partial charge in [0.15, 0.2) is 0 Å². The summed E-state index contributed by atoms with van der Waals surface area (Å²) in [5.41, 5.74) is 2.75. The molecule has 1 fully saturated rings. The van der Waals surface area contributed by atoms with Crippen molar-refractivity contribution in [1.82, 2.24) is 10.2 Å². The molecule has 1 aromatic rings. The fourth-order valence-electron chi connectivity index (χ4n) is 3.91. The number of aryl methyl sites for hydroxylation is 1. The van der Waals surface area contributed by atoms with Gasteiger partial charge in [-0.2, -0.15) is 0 Å². The number of carbonyl (C=O) groups excluding carboxylic acids is 1. The number of amides is 1. The predicted octanol–water partition coefficient (Wildman–Crippen LogP) is 3.27. The summed E-state index contributed by atoms with van der Waals surface area (Å²) in [6, 6.07) is 9.62. The highest BCUT2D eigenvalue weighted by Crippen LogP contribution is 2.30. The van der Waals surface area contributed by atoms with Gasteiger partial charge in [-0.05, 0) is 51.3 Å². The number of para-hydroxylation sites is 1. The molecule has 0 aliphatic carbocycles. The standard InChI is InChI=1S/C19H29N3O.2ClH/c1-15-9-10-16-6-3-4-8-18(16)22(15)13-11-19(23)21-12-5-7-17(14-21)20-2;;/h3-4,6,8,15,17,20H,5,7,9-14H2,1-2H3;2*1H. The van der Waals surface area contributed by atoms with E-state index >= 15 is 0 Å². The highest BCUT2D eigenvalue weighted by molar-refractivity contribution is 5.85. The molecule has 2 unspecified atom stereocenters. The first kappa shape index (κ1) is 22.1. The molecule has 1 N–H and O–H groups in total. The molecule has 6 heteroatoms. The molecule has 2 aliphatic rings. The van der Waals surface area contributed by atoms with Crippen LogP contribution in [0, 0.1) is 0 Å². The highest BCUT2D eigenvalue weighted by Gasteiger charge is 2.26. The van der Waals surface area contributed by atoms with Crippen molar-refractivity contribution in [3.63, 3.8) is 0 Å². The molecule has 1 aromatic carbocycles. The quantitative estimate of drug-likeness (QED) is 0.860. The third-order valence-electron chi connectivity index (χ3n) is 5.41. The molecule has 2 atom stereocenters. The largest absolute Gasteiger partial charge is 0.368 e. The zero-order chi connectivity index (χ0) is 16.2. The second-order valence-electron chi connectivity index (χ2n) is 6.93. The van der Waals surface area contributed by atoms with E-state index < -0.39 is 0 Å². The Bertz CT molecular complexity index is 555. The summed E-state index contributed by atoms with van der Waals surface area (Å²) in [6.45, 7) is 4.89. The summed E-state index contributed by atoms with van der Waals surface area (Å²) in [5, 5.41) is 3.31. The van der Waals surface area contributed by atoms with Crippen LogP contribution < -0.4 is 10.2 Å². The summed E-state index contributed by atoms with van der Waals surface area (Å²) >= 11 is 0. The van der Waals surface area contributed by atoms with E-state index in [1.165, 1.54) is 24.1 Å². The molecule has 25 heavy (non-hydrogen) atoms. The Balaban J connectivity index is 0.00000156. The van der Waals surface area contributed by atoms with Crippen LogP contribution >= 0.6 is 24.8 Å². The number of nitrogens with one attached hydrogen (secondary N) is 1. The lowest BCUT2D eigenvalue weighted by atomic mass is 9.96. The first-order valence-electron chi connectivity index (χ1n) is 8.98. The van der Waals surface area contributed by atoms with Crippen LogP contribution in [0.4, 0.5) is 5.69 Å². The highest BCUT2D eigenvalue weighted by atomic mass is 35.5. The number of anilines is 1. The number of hydrogen-bond donors (Lipinski definition) is 1. The topological polar surface area (TPSA) is 35.6 Å². The van der Waals surface area contributed by atoms with Crippen molar-refractivity contribution in [2.45, 2.75) is 51.1 Å². The lowest BCUT2D eigenvalue weighted by Gasteiger charge is -2.38. The van der Waals surface area contributed by atoms with Crippen LogP contribution in [0.3, 0.4) is 0 Å². The van der Waals surface area contributed by atoms with Gasteiger partial charge in [0.05, 0.1) is 0 Å². The van der Waals surface area contributed by atoms with Crippen molar-refractivity contribution < 1.29 is 4.79 Å². The van der Waals surface area contributed by atoms with E-state index in [9.17, 15) is 4.79 Å². The van der Waals surface area contributed by atoms with Gasteiger partial charge < -0.3 is 15.1 Å². The van der Waals surface area contributed by atoms with Crippen molar-refractivity contribution in [3.8, 4) is 0 Å². The van der Waals surface area contributed by atoms with Gasteiger partial charge in [-0.15, -0.1) is 24.8 Å². The van der Waals surface area contributed by atoms with Crippen LogP contribution in [-0.2, 0) is 11.2 Å². The van der Waals surface area contributed by atoms with E-state index in [-0.39, 0.29) is 24.8 Å². The predicted molar refractivity (Wildman–Crippen MR) is 109 cm³/mol. The maximum atomic E-state index is 12.6. The Morgan fingerprint density at radius 3 is 2.76 bits per heavy atom. The Kier molecular flexibility index (Phi) is 9.04. The van der Waals surface area contributed by atoms with Crippen molar-refractivity contribution in [1.29, 1.82) is 0 Å². The van der Waals surface area contributed by atoms with Gasteiger partial charge in [0, 0.05) is 43.8 Å². The first-order chi connectivity index (χ1) is 11.2. The normalized spacial score (nSPS) is 22.5. The van der Waals surface area contributed by atoms with Gasteiger partial charge in [0.2, 0.25) is 5.91 Å². The first-order valence-corrected chi connectivity index (χ1v) is 8.98. The van der Waals surface area contributed by atoms with E-state index in [2.05, 4.69) is 41.4 Å². The SMILES string of the molecule is CNC1CCCN(C(=O)CCN2c3ccccc3CCC2C)C1.Cl.Cl. The second-order valence-corrected chi connectivity index (χ2v) is 6.93. The minimum absolute atomic E-state index is 0. The number of benzene rings is 1. The summed E-state index contributed by atoms with van der Waals surface area (Å²) in [4.78, 5) is 17.1. The van der Waals surface area contributed by atoms with E-state index in [0.29, 0.717) is 24.4 Å². The average Bonchev–Trinajstić information content (AvgIpc) is 2.60. The second kappa shape index (κ2) is 10.2. The number of hydrogen-bond acceptors (Lipinski definition) is 3. The molecule has 0 spiro atoms. The lowest BCUT2D eigenvalue weighted by Crippen LogP contribution is -2.48. The molecule has 0 saturated carbocycles. The Labute approximate surface area is 164 Å². The Morgan fingerprint density at radius 2 is 2.00 bits per heavy atom. The maximum absolute atomic E-state index is 12.6. The lowest BCUT2D eigenvalue weighted by molar-refractivity contribution is -0.132. The smallest absolute Gasteiger partial charge is 0.224 e. The molecule has 2 aliphatic heterocycles. The van der Waals surface area contributed by atoms with Gasteiger partial charge in [-0.1, -0.05) is 18.2 Å². The average molecular weight is 388 g/mol. The van der Waals surface area contributed by atoms with Gasteiger partial charge in [0.25, 0.3) is 0 Å². The van der Waals surface area contributed by atoms with Crippen LogP contribution in [0.1, 0.15) is 38.2 Å². The van der Waals surface area contributed by atoms with Crippen LogP contribution in [0.2, 0.25) is 0 Å². The van der Waals surface area contributed by atoms with Crippen molar-refractivity contribution in [2.75, 3.05) is 31.6 Å². The van der Waals surface area contributed by atoms with E-state index in [1.54, 1.807) is 0 Å². The Morgan fingerprint density at radius 1 is 1.24 bits per heavy atom. The third kappa shape index (κ3) is 5.25. The summed E-state index contributed by atoms with van der Waals surface area (Å²) < 4.78 is 0. The number of piperidine rings is 1. The summed E-state index contributed by atoms with van der Waals surface area (Å²) in [5.74, 6) is 0.306. The fourth-order valence-corrected chi connectivity index (χ4v) is 3.91.